The molecule has 0 aliphatic rings. The Morgan fingerprint density at radius 1 is 1.13 bits per heavy atom. The third-order valence-corrected chi connectivity index (χ3v) is 4.43. The lowest BCUT2D eigenvalue weighted by Gasteiger charge is -2.12. The van der Waals surface area contributed by atoms with Crippen molar-refractivity contribution in [3.63, 3.8) is 0 Å². The van der Waals surface area contributed by atoms with Crippen LogP contribution in [0.1, 0.15) is 5.56 Å². The second kappa shape index (κ2) is 6.76. The highest BCUT2D eigenvalue weighted by Crippen LogP contribution is 2.20. The van der Waals surface area contributed by atoms with Gasteiger partial charge >= 0.3 is 0 Å². The van der Waals surface area contributed by atoms with Gasteiger partial charge in [0.2, 0.25) is 0 Å². The lowest BCUT2D eigenvalue weighted by atomic mass is 10.2. The fourth-order valence-corrected chi connectivity index (χ4v) is 3.11. The lowest BCUT2D eigenvalue weighted by Crippen LogP contribution is -2.14. The van der Waals surface area contributed by atoms with Crippen molar-refractivity contribution in [3.05, 3.63) is 64.2 Å². The van der Waals surface area contributed by atoms with Gasteiger partial charge in [0.25, 0.3) is 15.7 Å². The third kappa shape index (κ3) is 4.51. The zero-order valence-electron chi connectivity index (χ0n) is 12.8. The number of benzene rings is 2. The quantitative estimate of drug-likeness (QED) is 0.646. The van der Waals surface area contributed by atoms with Gasteiger partial charge in [-0.2, -0.15) is 0 Å². The zero-order valence-corrected chi connectivity index (χ0v) is 13.6. The van der Waals surface area contributed by atoms with Gasteiger partial charge in [0.1, 0.15) is 0 Å². The van der Waals surface area contributed by atoms with Crippen LogP contribution < -0.4 is 4.72 Å². The first-order valence-electron chi connectivity index (χ1n) is 6.79. The van der Waals surface area contributed by atoms with Crippen molar-refractivity contribution in [2.45, 2.75) is 11.4 Å². The highest BCUT2D eigenvalue weighted by molar-refractivity contribution is 7.92. The van der Waals surface area contributed by atoms with Crippen molar-refractivity contribution >= 4 is 21.4 Å². The molecule has 0 amide bonds. The number of hydrogen-bond acceptors (Lipinski definition) is 5. The Balaban J connectivity index is 2.22. The van der Waals surface area contributed by atoms with Gasteiger partial charge in [0.15, 0.2) is 0 Å². The van der Waals surface area contributed by atoms with E-state index in [2.05, 4.69) is 4.72 Å². The number of hydrogen-bond donors (Lipinski definition) is 1. The predicted octanol–water partition coefficient (Wildman–Crippen LogP) is 2.46. The normalized spacial score (nSPS) is 11.4. The van der Waals surface area contributed by atoms with Crippen LogP contribution in [0.3, 0.4) is 0 Å². The van der Waals surface area contributed by atoms with E-state index in [0.717, 1.165) is 17.7 Å². The van der Waals surface area contributed by atoms with Crippen molar-refractivity contribution in [1.29, 1.82) is 0 Å². The van der Waals surface area contributed by atoms with Crippen molar-refractivity contribution in [2.24, 2.45) is 0 Å². The highest BCUT2D eigenvalue weighted by atomic mass is 32.2. The summed E-state index contributed by atoms with van der Waals surface area (Å²) in [6, 6.07) is 11.8. The monoisotopic (exact) mass is 335 g/mol. The van der Waals surface area contributed by atoms with E-state index < -0.39 is 14.9 Å². The van der Waals surface area contributed by atoms with E-state index in [1.54, 1.807) is 18.2 Å². The lowest BCUT2D eigenvalue weighted by molar-refractivity contribution is -0.384. The molecule has 0 radical (unpaired) electrons. The summed E-state index contributed by atoms with van der Waals surface area (Å²) in [7, 11) is 0.0614. The second-order valence-corrected chi connectivity index (χ2v) is 6.98. The molecule has 122 valence electrons. The summed E-state index contributed by atoms with van der Waals surface area (Å²) in [5, 5.41) is 10.6. The number of anilines is 1. The first-order valence-corrected chi connectivity index (χ1v) is 8.27. The summed E-state index contributed by atoms with van der Waals surface area (Å²) in [5.74, 6) is 0. The fraction of sp³-hybridized carbons (Fsp3) is 0.200. The summed E-state index contributed by atoms with van der Waals surface area (Å²) in [4.78, 5) is 12.0. The Hall–Kier alpha value is -2.45. The van der Waals surface area contributed by atoms with Gasteiger partial charge in [-0.25, -0.2) is 8.42 Å². The molecule has 0 aliphatic heterocycles. The molecule has 0 spiro atoms. The molecule has 0 bridgehead atoms. The smallest absolute Gasteiger partial charge is 0.269 e. The molecule has 1 N–H and O–H groups in total. The Morgan fingerprint density at radius 3 is 2.35 bits per heavy atom. The maximum Gasteiger partial charge on any atom is 0.269 e. The Bertz CT molecular complexity index is 802. The van der Waals surface area contributed by atoms with Crippen LogP contribution in [0.4, 0.5) is 11.4 Å². The summed E-state index contributed by atoms with van der Waals surface area (Å²) < 4.78 is 27.1. The molecule has 0 saturated carbocycles. The van der Waals surface area contributed by atoms with E-state index in [4.69, 9.17) is 0 Å². The third-order valence-electron chi connectivity index (χ3n) is 3.04. The molecule has 23 heavy (non-hydrogen) atoms. The molecule has 8 heteroatoms. The molecule has 0 saturated heterocycles. The number of nitro benzene ring substituents is 1. The van der Waals surface area contributed by atoms with Gasteiger partial charge in [0, 0.05) is 24.4 Å². The number of sulfonamides is 1. The van der Waals surface area contributed by atoms with Crippen LogP contribution in [-0.4, -0.2) is 32.3 Å². The molecule has 2 aromatic carbocycles. The number of nitrogens with zero attached hydrogens (tertiary/aromatic N) is 2. The van der Waals surface area contributed by atoms with Gasteiger partial charge in [-0.15, -0.1) is 0 Å². The topological polar surface area (TPSA) is 92.6 Å². The molecule has 7 nitrogen and oxygen atoms in total. The number of nitrogens with one attached hydrogen (secondary N) is 1. The second-order valence-electron chi connectivity index (χ2n) is 5.29. The van der Waals surface area contributed by atoms with Gasteiger partial charge in [-0.1, -0.05) is 12.1 Å². The van der Waals surface area contributed by atoms with Crippen molar-refractivity contribution < 1.29 is 13.3 Å². The SMILES string of the molecule is CN(C)Cc1cccc(NS(=O)(=O)c2ccc([N+](=O)[O-])cc2)c1. The molecular formula is C15H17N3O4S. The molecular weight excluding hydrogens is 318 g/mol. The number of non-ortho nitro benzene ring substituents is 1. The average molecular weight is 335 g/mol. The van der Waals surface area contributed by atoms with Gasteiger partial charge in [-0.3, -0.25) is 14.8 Å². The largest absolute Gasteiger partial charge is 0.305 e. The molecule has 0 aliphatic carbocycles. The summed E-state index contributed by atoms with van der Waals surface area (Å²) in [5.41, 5.74) is 1.26. The minimum absolute atomic E-state index is 0.0267. The molecule has 0 unspecified atom stereocenters. The molecule has 2 aromatic rings. The van der Waals surface area contributed by atoms with Crippen LogP contribution in [0.2, 0.25) is 0 Å². The first kappa shape index (κ1) is 16.9. The number of rotatable bonds is 6. The van der Waals surface area contributed by atoms with Gasteiger partial charge in [0.05, 0.1) is 9.82 Å². The van der Waals surface area contributed by atoms with Crippen LogP contribution >= 0.6 is 0 Å². The highest BCUT2D eigenvalue weighted by Gasteiger charge is 2.16. The molecule has 0 atom stereocenters. The summed E-state index contributed by atoms with van der Waals surface area (Å²) in [6.07, 6.45) is 0. The number of nitro groups is 1. The minimum Gasteiger partial charge on any atom is -0.305 e. The van der Waals surface area contributed by atoms with E-state index in [1.165, 1.54) is 12.1 Å². The van der Waals surface area contributed by atoms with E-state index >= 15 is 0 Å². The van der Waals surface area contributed by atoms with Crippen molar-refractivity contribution in [1.82, 2.24) is 4.90 Å². The zero-order chi connectivity index (χ0) is 17.0. The van der Waals surface area contributed by atoms with E-state index in [1.807, 2.05) is 25.1 Å². The molecule has 0 fully saturated rings. The van der Waals surface area contributed by atoms with Crippen LogP contribution in [0.25, 0.3) is 0 Å². The van der Waals surface area contributed by atoms with Crippen LogP contribution in [-0.2, 0) is 16.6 Å². The molecule has 2 rings (SSSR count). The first-order chi connectivity index (χ1) is 10.8. The summed E-state index contributed by atoms with van der Waals surface area (Å²) in [6.45, 7) is 0.688. The van der Waals surface area contributed by atoms with Crippen molar-refractivity contribution in [3.8, 4) is 0 Å². The van der Waals surface area contributed by atoms with Crippen molar-refractivity contribution in [2.75, 3.05) is 18.8 Å². The fourth-order valence-electron chi connectivity index (χ4n) is 2.06. The summed E-state index contributed by atoms with van der Waals surface area (Å²) >= 11 is 0. The minimum atomic E-state index is -3.79. The van der Waals surface area contributed by atoms with Gasteiger partial charge in [-0.05, 0) is 43.9 Å². The Labute approximate surface area is 134 Å². The van der Waals surface area contributed by atoms with Gasteiger partial charge < -0.3 is 4.90 Å². The maximum absolute atomic E-state index is 12.3. The Kier molecular flexibility index (Phi) is 4.97. The van der Waals surface area contributed by atoms with E-state index in [9.17, 15) is 18.5 Å². The van der Waals surface area contributed by atoms with E-state index in [0.29, 0.717) is 12.2 Å². The maximum atomic E-state index is 12.3. The Morgan fingerprint density at radius 2 is 1.78 bits per heavy atom. The van der Waals surface area contributed by atoms with Crippen LogP contribution in [0, 0.1) is 10.1 Å². The average Bonchev–Trinajstić information content (AvgIpc) is 2.46. The van der Waals surface area contributed by atoms with Crippen LogP contribution in [0.15, 0.2) is 53.4 Å². The van der Waals surface area contributed by atoms with Crippen LogP contribution in [0.5, 0.6) is 0 Å². The standard InChI is InChI=1S/C15H17N3O4S/c1-17(2)11-12-4-3-5-13(10-12)16-23(21,22)15-8-6-14(7-9-15)18(19)20/h3-10,16H,11H2,1-2H3. The molecule has 0 heterocycles. The van der Waals surface area contributed by atoms with E-state index in [-0.39, 0.29) is 10.6 Å². The molecule has 0 aromatic heterocycles. The predicted molar refractivity (Wildman–Crippen MR) is 87.7 cm³/mol.